The second-order valence-corrected chi connectivity index (χ2v) is 4.52. The van der Waals surface area contributed by atoms with Crippen molar-refractivity contribution in [1.29, 1.82) is 0 Å². The Morgan fingerprint density at radius 3 is 3.07 bits per heavy atom. The number of hydrazone groups is 1. The van der Waals surface area contributed by atoms with E-state index in [0.717, 1.165) is 31.6 Å². The topological polar surface area (TPSA) is 41.5 Å². The van der Waals surface area contributed by atoms with Crippen molar-refractivity contribution in [2.75, 3.05) is 0 Å². The van der Waals surface area contributed by atoms with Crippen molar-refractivity contribution in [3.05, 3.63) is 0 Å². The maximum absolute atomic E-state index is 11.3. The molecule has 0 saturated heterocycles. The van der Waals surface area contributed by atoms with Crippen molar-refractivity contribution in [3.63, 3.8) is 0 Å². The fraction of sp³-hybridized carbons (Fsp3) is 0.833. The van der Waals surface area contributed by atoms with Crippen LogP contribution < -0.4 is 5.43 Å². The number of hydrogen-bond acceptors (Lipinski definition) is 2. The summed E-state index contributed by atoms with van der Waals surface area (Å²) in [4.78, 5) is 11.3. The zero-order valence-electron chi connectivity index (χ0n) is 9.88. The fourth-order valence-electron chi connectivity index (χ4n) is 1.90. The first-order valence-corrected chi connectivity index (χ1v) is 6.06. The van der Waals surface area contributed by atoms with Gasteiger partial charge in [-0.3, -0.25) is 4.79 Å². The van der Waals surface area contributed by atoms with E-state index in [0.29, 0.717) is 6.42 Å². The summed E-state index contributed by atoms with van der Waals surface area (Å²) in [5.41, 5.74) is 3.82. The molecule has 1 saturated carbocycles. The molecule has 1 aliphatic rings. The predicted molar refractivity (Wildman–Crippen MR) is 62.7 cm³/mol. The van der Waals surface area contributed by atoms with Gasteiger partial charge in [-0.1, -0.05) is 20.3 Å². The minimum absolute atomic E-state index is 0.0579. The molecule has 1 aliphatic carbocycles. The second-order valence-electron chi connectivity index (χ2n) is 4.52. The number of amides is 1. The lowest BCUT2D eigenvalue weighted by atomic mass is 9.89. The van der Waals surface area contributed by atoms with Crippen molar-refractivity contribution in [3.8, 4) is 0 Å². The van der Waals surface area contributed by atoms with Gasteiger partial charge in [0.1, 0.15) is 0 Å². The molecule has 1 N–H and O–H groups in total. The Balaban J connectivity index is 2.26. The normalized spacial score (nSPS) is 24.1. The van der Waals surface area contributed by atoms with Crippen LogP contribution in [-0.2, 0) is 4.79 Å². The van der Waals surface area contributed by atoms with E-state index >= 15 is 0 Å². The summed E-state index contributed by atoms with van der Waals surface area (Å²) in [6.45, 7) is 4.33. The molecule has 0 spiro atoms. The molecule has 86 valence electrons. The molecular weight excluding hydrogens is 188 g/mol. The smallest absolute Gasteiger partial charge is 0.240 e. The molecule has 1 amide bonds. The van der Waals surface area contributed by atoms with Gasteiger partial charge in [-0.2, -0.15) is 5.10 Å². The summed E-state index contributed by atoms with van der Waals surface area (Å²) in [5, 5.41) is 4.20. The lowest BCUT2D eigenvalue weighted by Gasteiger charge is -2.18. The summed E-state index contributed by atoms with van der Waals surface area (Å²) >= 11 is 0. The van der Waals surface area contributed by atoms with Gasteiger partial charge in [0.05, 0.1) is 0 Å². The van der Waals surface area contributed by atoms with Gasteiger partial charge in [-0.05, 0) is 38.0 Å². The van der Waals surface area contributed by atoms with Crippen LogP contribution in [0.15, 0.2) is 5.10 Å². The Bertz CT molecular complexity index is 236. The monoisotopic (exact) mass is 210 g/mol. The standard InChI is InChI=1S/C12H22N2O/c1-3-4-8-12(15)14-13-11-7-5-6-10(2)9-11/h10H,3-9H2,1-2H3,(H,14,15). The van der Waals surface area contributed by atoms with E-state index in [1.54, 1.807) is 0 Å². The third-order valence-electron chi connectivity index (χ3n) is 2.84. The van der Waals surface area contributed by atoms with Gasteiger partial charge >= 0.3 is 0 Å². The second kappa shape index (κ2) is 6.59. The van der Waals surface area contributed by atoms with E-state index < -0.39 is 0 Å². The highest BCUT2D eigenvalue weighted by molar-refractivity contribution is 5.87. The van der Waals surface area contributed by atoms with Gasteiger partial charge in [0, 0.05) is 12.1 Å². The molecule has 0 bridgehead atoms. The first kappa shape index (κ1) is 12.2. The van der Waals surface area contributed by atoms with Crippen molar-refractivity contribution in [1.82, 2.24) is 5.43 Å². The van der Waals surface area contributed by atoms with Gasteiger partial charge in [-0.25, -0.2) is 5.43 Å². The Hall–Kier alpha value is -0.860. The highest BCUT2D eigenvalue weighted by atomic mass is 16.2. The lowest BCUT2D eigenvalue weighted by molar-refractivity contribution is -0.121. The number of unbranched alkanes of at least 4 members (excludes halogenated alkanes) is 1. The lowest BCUT2D eigenvalue weighted by Crippen LogP contribution is -2.21. The Morgan fingerprint density at radius 2 is 2.40 bits per heavy atom. The fourth-order valence-corrected chi connectivity index (χ4v) is 1.90. The molecule has 1 unspecified atom stereocenters. The summed E-state index contributed by atoms with van der Waals surface area (Å²) in [7, 11) is 0. The molecule has 3 heteroatoms. The van der Waals surface area contributed by atoms with Gasteiger partial charge in [-0.15, -0.1) is 0 Å². The minimum Gasteiger partial charge on any atom is -0.273 e. The molecule has 3 nitrogen and oxygen atoms in total. The van der Waals surface area contributed by atoms with E-state index in [1.807, 2.05) is 0 Å². The quantitative estimate of drug-likeness (QED) is 0.712. The van der Waals surface area contributed by atoms with Gasteiger partial charge in [0.2, 0.25) is 5.91 Å². The molecule has 1 atom stereocenters. The number of rotatable bonds is 4. The summed E-state index contributed by atoms with van der Waals surface area (Å²) < 4.78 is 0. The van der Waals surface area contributed by atoms with Crippen molar-refractivity contribution < 1.29 is 4.79 Å². The molecule has 0 aromatic rings. The molecular formula is C12H22N2O. The molecule has 0 heterocycles. The summed E-state index contributed by atoms with van der Waals surface area (Å²) in [6, 6.07) is 0. The first-order chi connectivity index (χ1) is 7.22. The third-order valence-corrected chi connectivity index (χ3v) is 2.84. The van der Waals surface area contributed by atoms with Gasteiger partial charge < -0.3 is 0 Å². The maximum Gasteiger partial charge on any atom is 0.240 e. The zero-order valence-corrected chi connectivity index (χ0v) is 9.88. The van der Waals surface area contributed by atoms with E-state index in [2.05, 4.69) is 24.4 Å². The van der Waals surface area contributed by atoms with Crippen LogP contribution >= 0.6 is 0 Å². The molecule has 0 aliphatic heterocycles. The Kier molecular flexibility index (Phi) is 5.37. The predicted octanol–water partition coefficient (Wildman–Crippen LogP) is 2.86. The average Bonchev–Trinajstić information content (AvgIpc) is 2.23. The number of carbonyl (C=O) groups excluding carboxylic acids is 1. The maximum atomic E-state index is 11.3. The largest absolute Gasteiger partial charge is 0.273 e. The molecule has 0 radical (unpaired) electrons. The van der Waals surface area contributed by atoms with Crippen LogP contribution in [0.25, 0.3) is 0 Å². The van der Waals surface area contributed by atoms with Crippen molar-refractivity contribution in [2.24, 2.45) is 11.0 Å². The summed E-state index contributed by atoms with van der Waals surface area (Å²) in [5.74, 6) is 0.785. The minimum atomic E-state index is 0.0579. The molecule has 0 aromatic heterocycles. The van der Waals surface area contributed by atoms with Gasteiger partial charge in [0.25, 0.3) is 0 Å². The van der Waals surface area contributed by atoms with Crippen molar-refractivity contribution >= 4 is 11.6 Å². The highest BCUT2D eigenvalue weighted by Gasteiger charge is 2.14. The molecule has 0 aromatic carbocycles. The third kappa shape index (κ3) is 4.96. The molecule has 1 fully saturated rings. The van der Waals surface area contributed by atoms with Gasteiger partial charge in [0.15, 0.2) is 0 Å². The zero-order chi connectivity index (χ0) is 11.1. The van der Waals surface area contributed by atoms with Crippen LogP contribution in [0.4, 0.5) is 0 Å². The van der Waals surface area contributed by atoms with Crippen LogP contribution in [0.2, 0.25) is 0 Å². The SMILES string of the molecule is CCCCC(=O)NN=C1CCCC(C)C1. The number of carbonyl (C=O) groups is 1. The highest BCUT2D eigenvalue weighted by Crippen LogP contribution is 2.20. The Morgan fingerprint density at radius 1 is 1.60 bits per heavy atom. The molecule has 15 heavy (non-hydrogen) atoms. The van der Waals surface area contributed by atoms with E-state index in [9.17, 15) is 4.79 Å². The van der Waals surface area contributed by atoms with Crippen LogP contribution in [0.1, 0.15) is 58.8 Å². The van der Waals surface area contributed by atoms with Crippen molar-refractivity contribution in [2.45, 2.75) is 58.8 Å². The van der Waals surface area contributed by atoms with E-state index in [-0.39, 0.29) is 5.91 Å². The number of nitrogens with zero attached hydrogens (tertiary/aromatic N) is 1. The van der Waals surface area contributed by atoms with E-state index in [1.165, 1.54) is 18.6 Å². The molecule has 1 rings (SSSR count). The van der Waals surface area contributed by atoms with E-state index in [4.69, 9.17) is 0 Å². The Labute approximate surface area is 92.3 Å². The average molecular weight is 210 g/mol. The number of nitrogens with one attached hydrogen (secondary N) is 1. The van der Waals surface area contributed by atoms with Crippen LogP contribution in [0.3, 0.4) is 0 Å². The van der Waals surface area contributed by atoms with Crippen LogP contribution in [0, 0.1) is 5.92 Å². The van der Waals surface area contributed by atoms with Crippen LogP contribution in [-0.4, -0.2) is 11.6 Å². The summed E-state index contributed by atoms with van der Waals surface area (Å²) in [6.07, 6.45) is 7.22. The first-order valence-electron chi connectivity index (χ1n) is 6.06. The number of hydrogen-bond donors (Lipinski definition) is 1. The van der Waals surface area contributed by atoms with Crippen LogP contribution in [0.5, 0.6) is 0 Å².